The highest BCUT2D eigenvalue weighted by Crippen LogP contribution is 2.41. The number of amides is 1. The number of rotatable bonds is 4. The average Bonchev–Trinajstić information content (AvgIpc) is 3.14. The van der Waals surface area contributed by atoms with Gasteiger partial charge in [-0.25, -0.2) is 12.8 Å². The van der Waals surface area contributed by atoms with Crippen LogP contribution in [0.25, 0.3) is 0 Å². The van der Waals surface area contributed by atoms with Gasteiger partial charge in [0.25, 0.3) is 5.91 Å². The quantitative estimate of drug-likeness (QED) is 0.650. The number of fused-ring (bicyclic) bond motifs is 1. The van der Waals surface area contributed by atoms with E-state index < -0.39 is 27.6 Å². The fourth-order valence-electron chi connectivity index (χ4n) is 3.32. The van der Waals surface area contributed by atoms with Crippen molar-refractivity contribution in [3.8, 4) is 5.75 Å². The molecule has 0 N–H and O–H groups in total. The van der Waals surface area contributed by atoms with E-state index in [2.05, 4.69) is 4.99 Å². The zero-order chi connectivity index (χ0) is 21.5. The van der Waals surface area contributed by atoms with Crippen LogP contribution in [0, 0.1) is 5.82 Å². The van der Waals surface area contributed by atoms with Crippen molar-refractivity contribution in [2.24, 2.45) is 4.99 Å². The second-order valence-corrected chi connectivity index (χ2v) is 11.0. The van der Waals surface area contributed by atoms with Crippen LogP contribution >= 0.6 is 35.0 Å². The Morgan fingerprint density at radius 1 is 1.20 bits per heavy atom. The van der Waals surface area contributed by atoms with Gasteiger partial charge in [0.15, 0.2) is 21.6 Å². The van der Waals surface area contributed by atoms with Crippen molar-refractivity contribution in [1.82, 2.24) is 0 Å². The topological polar surface area (TPSA) is 76.0 Å². The van der Waals surface area contributed by atoms with Crippen LogP contribution in [-0.4, -0.2) is 48.9 Å². The first-order valence-electron chi connectivity index (χ1n) is 8.83. The van der Waals surface area contributed by atoms with E-state index in [1.54, 1.807) is 35.2 Å². The number of hydrogen-bond acceptors (Lipinski definition) is 5. The summed E-state index contributed by atoms with van der Waals surface area (Å²) in [5.41, 5.74) is 0.388. The van der Waals surface area contributed by atoms with Crippen molar-refractivity contribution >= 4 is 61.6 Å². The zero-order valence-corrected chi connectivity index (χ0v) is 18.4. The summed E-state index contributed by atoms with van der Waals surface area (Å²) >= 11 is 12.8. The number of carbonyl (C=O) groups excluding carboxylic acids is 1. The summed E-state index contributed by atoms with van der Waals surface area (Å²) < 4.78 is 43.6. The van der Waals surface area contributed by atoms with Crippen LogP contribution in [0.4, 0.5) is 10.1 Å². The number of hydrogen-bond donors (Lipinski definition) is 0. The van der Waals surface area contributed by atoms with Gasteiger partial charge in [0.1, 0.15) is 11.6 Å². The fourth-order valence-corrected chi connectivity index (χ4v) is 7.49. The highest BCUT2D eigenvalue weighted by Gasteiger charge is 2.49. The Morgan fingerprint density at radius 3 is 2.63 bits per heavy atom. The van der Waals surface area contributed by atoms with Gasteiger partial charge in [0, 0.05) is 16.0 Å². The van der Waals surface area contributed by atoms with Crippen molar-refractivity contribution in [3.05, 3.63) is 58.3 Å². The molecule has 2 heterocycles. The molecule has 2 aliphatic heterocycles. The summed E-state index contributed by atoms with van der Waals surface area (Å²) in [5, 5.41) is 0.513. The maximum absolute atomic E-state index is 14.0. The number of aliphatic imine (C=N–C) groups is 1. The van der Waals surface area contributed by atoms with Gasteiger partial charge in [0.05, 0.1) is 22.6 Å². The van der Waals surface area contributed by atoms with E-state index in [-0.39, 0.29) is 28.4 Å². The standard InChI is InChI=1S/C19H15Cl2FN2O4S2/c20-11-1-4-13(5-2-11)28-8-18(25)23-19-24(12-3-6-14(21)15(22)7-12)16-9-30(26,27)10-17(16)29-19/h1-7,16-17H,8-10H2/t16-,17+/m1/s1. The van der Waals surface area contributed by atoms with Crippen LogP contribution in [0.2, 0.25) is 10.0 Å². The van der Waals surface area contributed by atoms with E-state index >= 15 is 0 Å². The first kappa shape index (κ1) is 21.4. The first-order valence-corrected chi connectivity index (χ1v) is 12.3. The van der Waals surface area contributed by atoms with E-state index in [0.717, 1.165) is 0 Å². The molecule has 4 rings (SSSR count). The van der Waals surface area contributed by atoms with Gasteiger partial charge in [-0.3, -0.25) is 4.79 Å². The highest BCUT2D eigenvalue weighted by molar-refractivity contribution is 8.16. The van der Waals surface area contributed by atoms with Crippen LogP contribution in [0.1, 0.15) is 0 Å². The number of halogens is 3. The lowest BCUT2D eigenvalue weighted by Crippen LogP contribution is -2.38. The molecule has 0 aliphatic carbocycles. The fraction of sp³-hybridized carbons (Fsp3) is 0.263. The molecule has 6 nitrogen and oxygen atoms in total. The summed E-state index contributed by atoms with van der Waals surface area (Å²) in [6.45, 7) is -0.303. The van der Waals surface area contributed by atoms with Crippen molar-refractivity contribution < 1.29 is 22.3 Å². The van der Waals surface area contributed by atoms with Crippen LogP contribution in [0.5, 0.6) is 5.75 Å². The smallest absolute Gasteiger partial charge is 0.285 e. The molecule has 158 valence electrons. The number of sulfone groups is 1. The number of anilines is 1. The number of nitrogens with zero attached hydrogens (tertiary/aromatic N) is 2. The first-order chi connectivity index (χ1) is 14.2. The number of amidine groups is 1. The normalized spacial score (nSPS) is 23.6. The Kier molecular flexibility index (Phi) is 5.98. The molecule has 0 radical (unpaired) electrons. The summed E-state index contributed by atoms with van der Waals surface area (Å²) in [7, 11) is -3.22. The van der Waals surface area contributed by atoms with Crippen molar-refractivity contribution in [2.45, 2.75) is 11.3 Å². The monoisotopic (exact) mass is 488 g/mol. The molecular weight excluding hydrogens is 474 g/mol. The van der Waals surface area contributed by atoms with Crippen LogP contribution in [-0.2, 0) is 14.6 Å². The zero-order valence-electron chi connectivity index (χ0n) is 15.3. The average molecular weight is 489 g/mol. The van der Waals surface area contributed by atoms with Gasteiger partial charge in [-0.2, -0.15) is 4.99 Å². The lowest BCUT2D eigenvalue weighted by atomic mass is 10.2. The minimum absolute atomic E-state index is 0.0244. The molecule has 0 bridgehead atoms. The Balaban J connectivity index is 1.57. The second kappa shape index (κ2) is 8.37. The molecule has 30 heavy (non-hydrogen) atoms. The Bertz CT molecular complexity index is 1130. The maximum Gasteiger partial charge on any atom is 0.285 e. The summed E-state index contributed by atoms with van der Waals surface area (Å²) in [6, 6.07) is 10.3. The molecule has 0 spiro atoms. The van der Waals surface area contributed by atoms with Gasteiger partial charge < -0.3 is 9.64 Å². The minimum Gasteiger partial charge on any atom is -0.484 e. The summed E-state index contributed by atoms with van der Waals surface area (Å²) in [6.07, 6.45) is 0. The number of benzene rings is 2. The van der Waals surface area contributed by atoms with E-state index in [0.29, 0.717) is 21.6 Å². The van der Waals surface area contributed by atoms with Gasteiger partial charge >= 0.3 is 0 Å². The van der Waals surface area contributed by atoms with Crippen molar-refractivity contribution in [3.63, 3.8) is 0 Å². The van der Waals surface area contributed by atoms with E-state index in [9.17, 15) is 17.6 Å². The molecule has 1 amide bonds. The lowest BCUT2D eigenvalue weighted by molar-refractivity contribution is -0.119. The van der Waals surface area contributed by atoms with Gasteiger partial charge in [-0.1, -0.05) is 35.0 Å². The number of thioether (sulfide) groups is 1. The molecule has 2 aromatic rings. The number of ether oxygens (including phenoxy) is 1. The third-order valence-electron chi connectivity index (χ3n) is 4.64. The largest absolute Gasteiger partial charge is 0.484 e. The van der Waals surface area contributed by atoms with Crippen LogP contribution in [0.15, 0.2) is 47.5 Å². The molecular formula is C19H15Cl2FN2O4S2. The molecule has 0 aromatic heterocycles. The SMILES string of the molecule is O=C(COc1ccc(Cl)cc1)N=C1S[C@H]2CS(=O)(=O)C[C@H]2N1c1ccc(Cl)c(F)c1. The van der Waals surface area contributed by atoms with Crippen molar-refractivity contribution in [1.29, 1.82) is 0 Å². The molecule has 2 aliphatic rings. The Hall–Kier alpha value is -1.81. The van der Waals surface area contributed by atoms with Gasteiger partial charge in [-0.05, 0) is 42.5 Å². The maximum atomic E-state index is 14.0. The third-order valence-corrected chi connectivity index (χ3v) is 8.41. The third kappa shape index (κ3) is 4.59. The molecule has 11 heteroatoms. The van der Waals surface area contributed by atoms with E-state index in [4.69, 9.17) is 27.9 Å². The van der Waals surface area contributed by atoms with E-state index in [1.165, 1.54) is 23.9 Å². The van der Waals surface area contributed by atoms with E-state index in [1.807, 2.05) is 0 Å². The lowest BCUT2D eigenvalue weighted by Gasteiger charge is -2.24. The minimum atomic E-state index is -3.22. The Labute approximate surface area is 186 Å². The van der Waals surface area contributed by atoms with Gasteiger partial charge in [-0.15, -0.1) is 0 Å². The van der Waals surface area contributed by atoms with Crippen LogP contribution < -0.4 is 9.64 Å². The summed E-state index contributed by atoms with van der Waals surface area (Å²) in [4.78, 5) is 18.1. The molecule has 2 aromatic carbocycles. The van der Waals surface area contributed by atoms with Gasteiger partial charge in [0.2, 0.25) is 0 Å². The number of carbonyl (C=O) groups is 1. The highest BCUT2D eigenvalue weighted by atomic mass is 35.5. The Morgan fingerprint density at radius 2 is 1.93 bits per heavy atom. The van der Waals surface area contributed by atoms with Crippen LogP contribution in [0.3, 0.4) is 0 Å². The summed E-state index contributed by atoms with van der Waals surface area (Å²) in [5.74, 6) is -0.839. The van der Waals surface area contributed by atoms with Crippen molar-refractivity contribution in [2.75, 3.05) is 23.0 Å². The molecule has 2 saturated heterocycles. The molecule has 0 saturated carbocycles. The predicted octanol–water partition coefficient (Wildman–Crippen LogP) is 3.81. The molecule has 0 unspecified atom stereocenters. The second-order valence-electron chi connectivity index (χ2n) is 6.80. The molecule has 2 fully saturated rings. The molecule has 2 atom stereocenters. The predicted molar refractivity (Wildman–Crippen MR) is 117 cm³/mol.